The van der Waals surface area contributed by atoms with Gasteiger partial charge in [0.15, 0.2) is 0 Å². The molecule has 2 unspecified atom stereocenters. The number of aryl methyl sites for hydroxylation is 1. The zero-order chi connectivity index (χ0) is 13.3. The summed E-state index contributed by atoms with van der Waals surface area (Å²) in [5, 5.41) is 10.9. The molecule has 98 valence electrons. The van der Waals surface area contributed by atoms with Crippen LogP contribution >= 0.6 is 0 Å². The lowest BCUT2D eigenvalue weighted by Crippen LogP contribution is -2.28. The average Bonchev–Trinajstić information content (AvgIpc) is 2.75. The van der Waals surface area contributed by atoms with E-state index in [9.17, 15) is 10.1 Å². The van der Waals surface area contributed by atoms with E-state index in [1.165, 1.54) is 0 Å². The summed E-state index contributed by atoms with van der Waals surface area (Å²) in [6.07, 6.45) is 0.998. The second-order valence-electron chi connectivity index (χ2n) is 5.02. The summed E-state index contributed by atoms with van der Waals surface area (Å²) < 4.78 is 0. The van der Waals surface area contributed by atoms with Gasteiger partial charge in [-0.2, -0.15) is 0 Å². The van der Waals surface area contributed by atoms with Crippen LogP contribution in [0.4, 0.5) is 5.69 Å². The lowest BCUT2D eigenvalue weighted by Gasteiger charge is -2.24. The van der Waals surface area contributed by atoms with Crippen molar-refractivity contribution in [2.24, 2.45) is 5.73 Å². The molecule has 1 heterocycles. The molecule has 1 aliphatic heterocycles. The van der Waals surface area contributed by atoms with Crippen LogP contribution in [-0.2, 0) is 0 Å². The highest BCUT2D eigenvalue weighted by Gasteiger charge is 2.25. The maximum atomic E-state index is 10.9. The molecule has 5 nitrogen and oxygen atoms in total. The molecule has 0 amide bonds. The molecular weight excluding hydrogens is 230 g/mol. The Kier molecular flexibility index (Phi) is 3.63. The molecule has 0 saturated carbocycles. The van der Waals surface area contributed by atoms with E-state index < -0.39 is 0 Å². The average molecular weight is 249 g/mol. The first-order valence-electron chi connectivity index (χ1n) is 6.23. The standard InChI is InChI=1S/C13H19N3O2/c1-9-3-4-11(7-13(9)16(17)18)10(2)15-6-5-12(14)8-15/h3-4,7,10,12H,5-6,8,14H2,1-2H3. The van der Waals surface area contributed by atoms with Crippen molar-refractivity contribution in [3.05, 3.63) is 39.4 Å². The molecular formula is C13H19N3O2. The van der Waals surface area contributed by atoms with Gasteiger partial charge in [0.25, 0.3) is 5.69 Å². The highest BCUT2D eigenvalue weighted by atomic mass is 16.6. The number of nitrogens with zero attached hydrogens (tertiary/aromatic N) is 2. The maximum Gasteiger partial charge on any atom is 0.272 e. The normalized spacial score (nSPS) is 22.1. The third-order valence-electron chi connectivity index (χ3n) is 3.72. The van der Waals surface area contributed by atoms with E-state index in [-0.39, 0.29) is 22.7 Å². The number of nitrogens with two attached hydrogens (primary N) is 1. The van der Waals surface area contributed by atoms with E-state index in [1.807, 2.05) is 12.1 Å². The highest BCUT2D eigenvalue weighted by Crippen LogP contribution is 2.28. The Morgan fingerprint density at radius 1 is 1.56 bits per heavy atom. The number of likely N-dealkylation sites (tertiary alicyclic amines) is 1. The molecule has 1 aromatic rings. The third kappa shape index (κ3) is 2.52. The monoisotopic (exact) mass is 249 g/mol. The molecule has 1 fully saturated rings. The number of hydrogen-bond acceptors (Lipinski definition) is 4. The van der Waals surface area contributed by atoms with Gasteiger partial charge in [-0.15, -0.1) is 0 Å². The molecule has 5 heteroatoms. The van der Waals surface area contributed by atoms with Crippen LogP contribution in [0.15, 0.2) is 18.2 Å². The molecule has 0 spiro atoms. The molecule has 1 aromatic carbocycles. The van der Waals surface area contributed by atoms with Crippen molar-refractivity contribution in [1.82, 2.24) is 4.90 Å². The maximum absolute atomic E-state index is 10.9. The van der Waals surface area contributed by atoms with Gasteiger partial charge in [0, 0.05) is 36.8 Å². The van der Waals surface area contributed by atoms with Crippen molar-refractivity contribution in [3.8, 4) is 0 Å². The summed E-state index contributed by atoms with van der Waals surface area (Å²) in [5.74, 6) is 0. The minimum atomic E-state index is -0.318. The van der Waals surface area contributed by atoms with Crippen molar-refractivity contribution >= 4 is 5.69 Å². The molecule has 2 atom stereocenters. The summed E-state index contributed by atoms with van der Waals surface area (Å²) in [4.78, 5) is 12.9. The molecule has 0 radical (unpaired) electrons. The fourth-order valence-electron chi connectivity index (χ4n) is 2.46. The van der Waals surface area contributed by atoms with Crippen LogP contribution in [0.2, 0.25) is 0 Å². The van der Waals surface area contributed by atoms with Gasteiger partial charge in [-0.3, -0.25) is 15.0 Å². The Morgan fingerprint density at radius 3 is 2.83 bits per heavy atom. The first-order valence-corrected chi connectivity index (χ1v) is 6.23. The lowest BCUT2D eigenvalue weighted by atomic mass is 10.0. The number of rotatable bonds is 3. The van der Waals surface area contributed by atoms with Crippen LogP contribution in [-0.4, -0.2) is 29.0 Å². The summed E-state index contributed by atoms with van der Waals surface area (Å²) in [7, 11) is 0. The van der Waals surface area contributed by atoms with E-state index in [0.29, 0.717) is 5.56 Å². The fourth-order valence-corrected chi connectivity index (χ4v) is 2.46. The molecule has 0 aliphatic carbocycles. The summed E-state index contributed by atoms with van der Waals surface area (Å²) in [5.41, 5.74) is 7.78. The predicted molar refractivity (Wildman–Crippen MR) is 70.4 cm³/mol. The largest absolute Gasteiger partial charge is 0.326 e. The van der Waals surface area contributed by atoms with E-state index in [2.05, 4.69) is 11.8 Å². The molecule has 1 aliphatic rings. The molecule has 18 heavy (non-hydrogen) atoms. The molecule has 2 rings (SSSR count). The van der Waals surface area contributed by atoms with E-state index in [1.54, 1.807) is 13.0 Å². The minimum Gasteiger partial charge on any atom is -0.326 e. The van der Waals surface area contributed by atoms with E-state index in [4.69, 9.17) is 5.73 Å². The first kappa shape index (κ1) is 13.0. The Balaban J connectivity index is 2.23. The molecule has 2 N–H and O–H groups in total. The SMILES string of the molecule is Cc1ccc(C(C)N2CCC(N)C2)cc1[N+](=O)[O-]. The van der Waals surface area contributed by atoms with Crippen LogP contribution in [0.25, 0.3) is 0 Å². The number of hydrogen-bond donors (Lipinski definition) is 1. The van der Waals surface area contributed by atoms with Gasteiger partial charge in [-0.25, -0.2) is 0 Å². The smallest absolute Gasteiger partial charge is 0.272 e. The predicted octanol–water partition coefficient (Wildman–Crippen LogP) is 2.00. The van der Waals surface area contributed by atoms with Crippen molar-refractivity contribution in [3.63, 3.8) is 0 Å². The van der Waals surface area contributed by atoms with Crippen LogP contribution < -0.4 is 5.73 Å². The van der Waals surface area contributed by atoms with Gasteiger partial charge >= 0.3 is 0 Å². The second kappa shape index (κ2) is 5.04. The Labute approximate surface area is 107 Å². The van der Waals surface area contributed by atoms with E-state index >= 15 is 0 Å². The number of nitro groups is 1. The van der Waals surface area contributed by atoms with Crippen molar-refractivity contribution < 1.29 is 4.92 Å². The summed E-state index contributed by atoms with van der Waals surface area (Å²) >= 11 is 0. The Morgan fingerprint density at radius 2 is 2.28 bits per heavy atom. The fraction of sp³-hybridized carbons (Fsp3) is 0.538. The lowest BCUT2D eigenvalue weighted by molar-refractivity contribution is -0.385. The number of nitro benzene ring substituents is 1. The van der Waals surface area contributed by atoms with Crippen LogP contribution in [0, 0.1) is 17.0 Å². The first-order chi connectivity index (χ1) is 8.49. The van der Waals surface area contributed by atoms with Gasteiger partial charge in [0.05, 0.1) is 4.92 Å². The summed E-state index contributed by atoms with van der Waals surface area (Å²) in [6.45, 7) is 5.66. The van der Waals surface area contributed by atoms with Crippen molar-refractivity contribution in [2.75, 3.05) is 13.1 Å². The minimum absolute atomic E-state index is 0.179. The van der Waals surface area contributed by atoms with Crippen LogP contribution in [0.1, 0.15) is 30.5 Å². The van der Waals surface area contributed by atoms with Gasteiger partial charge in [0.1, 0.15) is 0 Å². The van der Waals surface area contributed by atoms with E-state index in [0.717, 1.165) is 25.1 Å². The highest BCUT2D eigenvalue weighted by molar-refractivity contribution is 5.43. The molecule has 0 bridgehead atoms. The van der Waals surface area contributed by atoms with Gasteiger partial charge in [-0.05, 0) is 25.8 Å². The van der Waals surface area contributed by atoms with Crippen LogP contribution in [0.3, 0.4) is 0 Å². The zero-order valence-electron chi connectivity index (χ0n) is 10.8. The van der Waals surface area contributed by atoms with Crippen LogP contribution in [0.5, 0.6) is 0 Å². The summed E-state index contributed by atoms with van der Waals surface area (Å²) in [6, 6.07) is 5.88. The van der Waals surface area contributed by atoms with Gasteiger partial charge in [0.2, 0.25) is 0 Å². The number of benzene rings is 1. The van der Waals surface area contributed by atoms with Crippen molar-refractivity contribution in [1.29, 1.82) is 0 Å². The Bertz CT molecular complexity index is 462. The van der Waals surface area contributed by atoms with Gasteiger partial charge in [-0.1, -0.05) is 12.1 Å². The topological polar surface area (TPSA) is 72.4 Å². The van der Waals surface area contributed by atoms with Gasteiger partial charge < -0.3 is 5.73 Å². The Hall–Kier alpha value is -1.46. The van der Waals surface area contributed by atoms with Crippen molar-refractivity contribution in [2.45, 2.75) is 32.4 Å². The quantitative estimate of drug-likeness (QED) is 0.657. The third-order valence-corrected chi connectivity index (χ3v) is 3.72. The second-order valence-corrected chi connectivity index (χ2v) is 5.02. The molecule has 1 saturated heterocycles. The molecule has 0 aromatic heterocycles. The zero-order valence-corrected chi connectivity index (χ0v) is 10.8.